The van der Waals surface area contributed by atoms with Gasteiger partial charge in [0.05, 0.1) is 22.5 Å². The third-order valence-electron chi connectivity index (χ3n) is 5.60. The quantitative estimate of drug-likeness (QED) is 0.507. The van der Waals surface area contributed by atoms with Gasteiger partial charge in [0.15, 0.2) is 0 Å². The lowest BCUT2D eigenvalue weighted by Crippen LogP contribution is -2.42. The van der Waals surface area contributed by atoms with E-state index in [2.05, 4.69) is 9.71 Å². The maximum absolute atomic E-state index is 13.6. The van der Waals surface area contributed by atoms with Gasteiger partial charge >= 0.3 is 6.18 Å². The number of hydrogen-bond acceptors (Lipinski definition) is 5. The Morgan fingerprint density at radius 1 is 1.18 bits per heavy atom. The summed E-state index contributed by atoms with van der Waals surface area (Å²) in [5.74, 6) is -2.71. The van der Waals surface area contributed by atoms with Crippen molar-refractivity contribution in [3.05, 3.63) is 33.6 Å². The summed E-state index contributed by atoms with van der Waals surface area (Å²) in [5.41, 5.74) is -1.67. The lowest BCUT2D eigenvalue weighted by molar-refractivity contribution is -0.137. The Morgan fingerprint density at radius 2 is 1.76 bits per heavy atom. The molecule has 2 aromatic rings. The smallest absolute Gasteiger partial charge is 0.416 e. The molecule has 12 heteroatoms. The molecule has 0 saturated carbocycles. The Kier molecular flexibility index (Phi) is 6.77. The van der Waals surface area contributed by atoms with Gasteiger partial charge < -0.3 is 9.45 Å². The molecule has 3 rings (SSSR count). The SMILES string of the molecule is CC(N[S+]([O-])C(C)(C)C)c1cc(C(F)(F)F)cc2c(=O)n(C)c(N3CCC(F)(F)CC3)nc12. The standard InChI is InChI=1S/C21H27F5N4O2S/c1-12(28-33(32)19(2,3)4)14-10-13(21(24,25)26)11-15-16(14)27-18(29(5)17(15)31)30-8-6-20(22,23)7-9-30/h10-12,28H,6-9H2,1-5H3. The van der Waals surface area contributed by atoms with E-state index in [9.17, 15) is 31.3 Å². The Bertz CT molecular complexity index is 1090. The molecular formula is C21H27F5N4O2S. The first-order chi connectivity index (χ1) is 15.0. The Labute approximate surface area is 191 Å². The normalized spacial score (nSPS) is 19.1. The van der Waals surface area contributed by atoms with E-state index in [-0.39, 0.29) is 35.5 Å². The average Bonchev–Trinajstić information content (AvgIpc) is 2.68. The molecule has 6 nitrogen and oxygen atoms in total. The molecule has 0 bridgehead atoms. The van der Waals surface area contributed by atoms with Gasteiger partial charge in [0.25, 0.3) is 11.5 Å². The molecule has 2 unspecified atom stereocenters. The Balaban J connectivity index is 2.18. The van der Waals surface area contributed by atoms with Crippen LogP contribution in [-0.2, 0) is 24.6 Å². The summed E-state index contributed by atoms with van der Waals surface area (Å²) in [4.78, 5) is 19.0. The summed E-state index contributed by atoms with van der Waals surface area (Å²) in [6, 6.07) is 0.795. The number of nitrogens with zero attached hydrogens (tertiary/aromatic N) is 3. The van der Waals surface area contributed by atoms with Gasteiger partial charge in [-0.1, -0.05) is 0 Å². The third kappa shape index (κ3) is 5.43. The number of aromatic nitrogens is 2. The van der Waals surface area contributed by atoms with Crippen LogP contribution in [0.5, 0.6) is 0 Å². The maximum Gasteiger partial charge on any atom is 0.416 e. The number of anilines is 1. The van der Waals surface area contributed by atoms with Gasteiger partial charge in [-0.2, -0.15) is 13.2 Å². The van der Waals surface area contributed by atoms with Crippen LogP contribution in [0, 0.1) is 0 Å². The number of nitrogens with one attached hydrogen (secondary N) is 1. The summed E-state index contributed by atoms with van der Waals surface area (Å²) < 4.78 is 83.8. The Morgan fingerprint density at radius 3 is 2.27 bits per heavy atom. The zero-order valence-corrected chi connectivity index (χ0v) is 19.8. The van der Waals surface area contributed by atoms with Crippen LogP contribution >= 0.6 is 0 Å². The van der Waals surface area contributed by atoms with Gasteiger partial charge in [0, 0.05) is 49.9 Å². The number of hydrogen-bond donors (Lipinski definition) is 1. The molecule has 2 atom stereocenters. The molecule has 0 radical (unpaired) electrons. The summed E-state index contributed by atoms with van der Waals surface area (Å²) in [6.45, 7) is 6.59. The van der Waals surface area contributed by atoms with Crippen molar-refractivity contribution in [2.75, 3.05) is 18.0 Å². The van der Waals surface area contributed by atoms with Gasteiger partial charge in [-0.15, -0.1) is 4.72 Å². The van der Waals surface area contributed by atoms with Gasteiger partial charge in [-0.05, 0) is 39.8 Å². The molecule has 2 heterocycles. The number of benzene rings is 1. The first-order valence-corrected chi connectivity index (χ1v) is 11.6. The van der Waals surface area contributed by atoms with Crippen LogP contribution in [0.2, 0.25) is 0 Å². The minimum absolute atomic E-state index is 0.0179. The van der Waals surface area contributed by atoms with Crippen molar-refractivity contribution >= 4 is 28.2 Å². The van der Waals surface area contributed by atoms with E-state index in [0.29, 0.717) is 0 Å². The van der Waals surface area contributed by atoms with Crippen LogP contribution in [0.3, 0.4) is 0 Å². The van der Waals surface area contributed by atoms with Gasteiger partial charge in [0.1, 0.15) is 4.75 Å². The van der Waals surface area contributed by atoms with Crippen molar-refractivity contribution in [1.82, 2.24) is 14.3 Å². The molecule has 184 valence electrons. The van der Waals surface area contributed by atoms with Crippen molar-refractivity contribution < 1.29 is 26.5 Å². The van der Waals surface area contributed by atoms with Gasteiger partial charge in [-0.3, -0.25) is 9.36 Å². The highest BCUT2D eigenvalue weighted by Gasteiger charge is 2.37. The van der Waals surface area contributed by atoms with E-state index in [0.717, 1.165) is 16.7 Å². The van der Waals surface area contributed by atoms with Crippen molar-refractivity contribution in [2.24, 2.45) is 7.05 Å². The fourth-order valence-electron chi connectivity index (χ4n) is 3.60. The molecule has 1 aromatic carbocycles. The molecule has 1 N–H and O–H groups in total. The average molecular weight is 495 g/mol. The third-order valence-corrected chi connectivity index (χ3v) is 7.28. The molecule has 0 aliphatic carbocycles. The highest BCUT2D eigenvalue weighted by molar-refractivity contribution is 7.90. The lowest BCUT2D eigenvalue weighted by Gasteiger charge is -2.33. The number of fused-ring (bicyclic) bond motifs is 1. The fraction of sp³-hybridized carbons (Fsp3) is 0.619. The molecule has 1 aliphatic rings. The maximum atomic E-state index is 13.6. The Hall–Kier alpha value is -1.92. The number of halogens is 5. The van der Waals surface area contributed by atoms with E-state index in [1.165, 1.54) is 11.9 Å². The van der Waals surface area contributed by atoms with Crippen LogP contribution in [0.25, 0.3) is 10.9 Å². The largest absolute Gasteiger partial charge is 0.598 e. The molecule has 0 amide bonds. The predicted octanol–water partition coefficient (Wildman–Crippen LogP) is 4.30. The predicted molar refractivity (Wildman–Crippen MR) is 118 cm³/mol. The zero-order valence-electron chi connectivity index (χ0n) is 19.0. The monoisotopic (exact) mass is 494 g/mol. The summed E-state index contributed by atoms with van der Waals surface area (Å²) >= 11 is -1.60. The topological polar surface area (TPSA) is 73.2 Å². The van der Waals surface area contributed by atoms with E-state index in [1.54, 1.807) is 27.7 Å². The first-order valence-electron chi connectivity index (χ1n) is 10.4. The second-order valence-electron chi connectivity index (χ2n) is 9.30. The van der Waals surface area contributed by atoms with Crippen LogP contribution in [0.4, 0.5) is 27.9 Å². The highest BCUT2D eigenvalue weighted by atomic mass is 32.2. The number of rotatable bonds is 4. The van der Waals surface area contributed by atoms with Crippen LogP contribution in [-0.4, -0.2) is 37.9 Å². The van der Waals surface area contributed by atoms with Crippen LogP contribution < -0.4 is 15.2 Å². The minimum atomic E-state index is -4.71. The van der Waals surface area contributed by atoms with Gasteiger partial charge in [-0.25, -0.2) is 13.8 Å². The van der Waals surface area contributed by atoms with Crippen LogP contribution in [0.15, 0.2) is 16.9 Å². The number of piperidine rings is 1. The summed E-state index contributed by atoms with van der Waals surface area (Å²) in [5, 5.41) is -0.247. The van der Waals surface area contributed by atoms with Crippen LogP contribution in [0.1, 0.15) is 57.7 Å². The highest BCUT2D eigenvalue weighted by Crippen LogP contribution is 2.36. The van der Waals surface area contributed by atoms with Crippen molar-refractivity contribution in [3.63, 3.8) is 0 Å². The van der Waals surface area contributed by atoms with Crippen molar-refractivity contribution in [2.45, 2.75) is 63.4 Å². The van der Waals surface area contributed by atoms with Gasteiger partial charge in [0.2, 0.25) is 5.95 Å². The minimum Gasteiger partial charge on any atom is -0.598 e. The summed E-state index contributed by atoms with van der Waals surface area (Å²) in [7, 11) is 1.35. The zero-order chi connectivity index (χ0) is 24.9. The fourth-order valence-corrected chi connectivity index (χ4v) is 4.40. The van der Waals surface area contributed by atoms with E-state index < -0.39 is 58.2 Å². The second kappa shape index (κ2) is 8.70. The molecule has 1 fully saturated rings. The van der Waals surface area contributed by atoms with Crippen molar-refractivity contribution in [3.8, 4) is 0 Å². The lowest BCUT2D eigenvalue weighted by atomic mass is 10.0. The van der Waals surface area contributed by atoms with E-state index >= 15 is 0 Å². The molecular weight excluding hydrogens is 467 g/mol. The molecule has 33 heavy (non-hydrogen) atoms. The molecule has 1 saturated heterocycles. The first kappa shape index (κ1) is 25.7. The number of alkyl halides is 5. The molecule has 0 spiro atoms. The molecule has 1 aromatic heterocycles. The summed E-state index contributed by atoms with van der Waals surface area (Å²) in [6.07, 6.45) is -5.54. The van der Waals surface area contributed by atoms with Crippen molar-refractivity contribution in [1.29, 1.82) is 0 Å². The second-order valence-corrected chi connectivity index (χ2v) is 11.3. The van der Waals surface area contributed by atoms with E-state index in [4.69, 9.17) is 0 Å². The van der Waals surface area contributed by atoms with E-state index in [1.807, 2.05) is 0 Å². The molecule has 1 aliphatic heterocycles.